The van der Waals surface area contributed by atoms with E-state index in [0.29, 0.717) is 6.42 Å². The van der Waals surface area contributed by atoms with Crippen molar-refractivity contribution in [2.75, 3.05) is 5.33 Å². The van der Waals surface area contributed by atoms with Crippen LogP contribution in [-0.4, -0.2) is 17.4 Å². The number of allylic oxidation sites excluding steroid dienone is 8. The highest BCUT2D eigenvalue weighted by Crippen LogP contribution is 2.18. The van der Waals surface area contributed by atoms with E-state index < -0.39 is 0 Å². The van der Waals surface area contributed by atoms with E-state index in [9.17, 15) is 4.79 Å². The molecule has 256 valence electrons. The molecule has 0 unspecified atom stereocenters. The molecule has 0 saturated carbocycles. The van der Waals surface area contributed by atoms with E-state index in [4.69, 9.17) is 4.74 Å². The second kappa shape index (κ2) is 38.1. The van der Waals surface area contributed by atoms with Gasteiger partial charge in [-0.2, -0.15) is 0 Å². The smallest absolute Gasteiger partial charge is 0.306 e. The molecule has 0 aromatic heterocycles. The lowest BCUT2D eigenvalue weighted by atomic mass is 10.0. The van der Waals surface area contributed by atoms with Crippen LogP contribution in [0.2, 0.25) is 0 Å². The van der Waals surface area contributed by atoms with E-state index in [2.05, 4.69) is 78.4 Å². The van der Waals surface area contributed by atoms with Crippen LogP contribution < -0.4 is 0 Å². The topological polar surface area (TPSA) is 26.3 Å². The lowest BCUT2D eigenvalue weighted by Gasteiger charge is -2.18. The van der Waals surface area contributed by atoms with E-state index in [1.54, 1.807) is 0 Å². The van der Waals surface area contributed by atoms with Crippen molar-refractivity contribution in [3.63, 3.8) is 0 Å². The zero-order valence-electron chi connectivity index (χ0n) is 29.4. The zero-order chi connectivity index (χ0) is 32.0. The number of esters is 1. The molecule has 0 saturated heterocycles. The fourth-order valence-corrected chi connectivity index (χ4v) is 5.72. The van der Waals surface area contributed by atoms with Gasteiger partial charge in [-0.05, 0) is 96.3 Å². The quantitative estimate of drug-likeness (QED) is 0.0293. The molecular weight excluding hydrogens is 604 g/mol. The summed E-state index contributed by atoms with van der Waals surface area (Å²) in [5.74, 6) is -0.00507. The van der Waals surface area contributed by atoms with Gasteiger partial charge in [0.15, 0.2) is 0 Å². The minimum atomic E-state index is -0.00507. The molecule has 0 aromatic carbocycles. The molecule has 44 heavy (non-hydrogen) atoms. The molecule has 0 aromatic rings. The summed E-state index contributed by atoms with van der Waals surface area (Å²) >= 11 is 3.43. The van der Waals surface area contributed by atoms with Crippen molar-refractivity contribution in [2.24, 2.45) is 0 Å². The van der Waals surface area contributed by atoms with Gasteiger partial charge in [-0.25, -0.2) is 0 Å². The second-order valence-electron chi connectivity index (χ2n) is 12.7. The van der Waals surface area contributed by atoms with Gasteiger partial charge in [0.2, 0.25) is 0 Å². The third-order valence-electron chi connectivity index (χ3n) is 8.27. The van der Waals surface area contributed by atoms with E-state index in [1.165, 1.54) is 141 Å². The number of carbonyl (C=O) groups excluding carboxylic acids is 1. The number of rotatable bonds is 34. The molecule has 0 N–H and O–H groups in total. The molecule has 0 rings (SSSR count). The molecule has 0 aliphatic heterocycles. The van der Waals surface area contributed by atoms with Gasteiger partial charge in [0, 0.05) is 11.8 Å². The third kappa shape index (κ3) is 35.4. The molecule has 0 spiro atoms. The SMILES string of the molecule is CCCCC/C=C\C/C=C\CCCCCCCCC(CCCCCCCC/C=C\C/C=C\CCCCC)OC(=O)CCCBr. The van der Waals surface area contributed by atoms with Crippen molar-refractivity contribution < 1.29 is 9.53 Å². The summed E-state index contributed by atoms with van der Waals surface area (Å²) in [5.41, 5.74) is 0. The molecule has 0 atom stereocenters. The Hall–Kier alpha value is -1.09. The van der Waals surface area contributed by atoms with Gasteiger partial charge < -0.3 is 4.74 Å². The summed E-state index contributed by atoms with van der Waals surface area (Å²) in [7, 11) is 0. The molecule has 0 bridgehead atoms. The zero-order valence-corrected chi connectivity index (χ0v) is 31.0. The van der Waals surface area contributed by atoms with Crippen LogP contribution in [0, 0.1) is 0 Å². The lowest BCUT2D eigenvalue weighted by Crippen LogP contribution is -2.18. The van der Waals surface area contributed by atoms with Crippen molar-refractivity contribution >= 4 is 21.9 Å². The van der Waals surface area contributed by atoms with Crippen LogP contribution in [0.3, 0.4) is 0 Å². The molecule has 0 aliphatic rings. The fourth-order valence-electron chi connectivity index (χ4n) is 5.44. The predicted molar refractivity (Wildman–Crippen MR) is 201 cm³/mol. The van der Waals surface area contributed by atoms with Gasteiger partial charge >= 0.3 is 5.97 Å². The van der Waals surface area contributed by atoms with Gasteiger partial charge in [-0.3, -0.25) is 4.79 Å². The standard InChI is InChI=1S/C41H73BrO2/c1-3-5-7-9-11-13-15-17-19-21-23-25-27-29-31-33-36-40(44-41(43)38-35-39-42)37-34-32-30-28-26-24-22-20-18-16-14-12-10-8-6-4-2/h11-14,17-20,40H,3-10,15-16,21-39H2,1-2H3/b13-11-,14-12-,19-17-,20-18-. The minimum Gasteiger partial charge on any atom is -0.462 e. The van der Waals surface area contributed by atoms with Gasteiger partial charge in [0.1, 0.15) is 6.10 Å². The number of unbranched alkanes of at least 4 members (excludes halogenated alkanes) is 18. The first-order valence-electron chi connectivity index (χ1n) is 19.1. The van der Waals surface area contributed by atoms with E-state index >= 15 is 0 Å². The minimum absolute atomic E-state index is 0.00507. The molecule has 0 heterocycles. The number of hydrogen-bond acceptors (Lipinski definition) is 2. The Labute approximate surface area is 284 Å². The van der Waals surface area contributed by atoms with Crippen LogP contribution in [0.25, 0.3) is 0 Å². The molecular formula is C41H73BrO2. The number of halogens is 1. The Bertz CT molecular complexity index is 645. The van der Waals surface area contributed by atoms with Crippen LogP contribution in [0.1, 0.15) is 194 Å². The van der Waals surface area contributed by atoms with Crippen LogP contribution in [0.15, 0.2) is 48.6 Å². The molecule has 0 amide bonds. The highest BCUT2D eigenvalue weighted by Gasteiger charge is 2.14. The van der Waals surface area contributed by atoms with Crippen LogP contribution in [-0.2, 0) is 9.53 Å². The Morgan fingerprint density at radius 2 is 0.864 bits per heavy atom. The van der Waals surface area contributed by atoms with E-state index in [-0.39, 0.29) is 12.1 Å². The van der Waals surface area contributed by atoms with Crippen LogP contribution in [0.4, 0.5) is 0 Å². The van der Waals surface area contributed by atoms with Crippen LogP contribution >= 0.6 is 15.9 Å². The first-order valence-corrected chi connectivity index (χ1v) is 20.2. The van der Waals surface area contributed by atoms with Crippen molar-refractivity contribution in [3.05, 3.63) is 48.6 Å². The van der Waals surface area contributed by atoms with Crippen LogP contribution in [0.5, 0.6) is 0 Å². The summed E-state index contributed by atoms with van der Waals surface area (Å²) in [4.78, 5) is 12.3. The average Bonchev–Trinajstić information content (AvgIpc) is 3.03. The first kappa shape index (κ1) is 42.9. The maximum absolute atomic E-state index is 12.3. The summed E-state index contributed by atoms with van der Waals surface area (Å²) < 4.78 is 5.92. The van der Waals surface area contributed by atoms with Crippen molar-refractivity contribution in [2.45, 2.75) is 200 Å². The van der Waals surface area contributed by atoms with E-state index in [1.807, 2.05) is 0 Å². The van der Waals surface area contributed by atoms with Gasteiger partial charge in [0.05, 0.1) is 0 Å². The molecule has 0 radical (unpaired) electrons. The molecule has 0 fully saturated rings. The Morgan fingerprint density at radius 1 is 0.500 bits per heavy atom. The van der Waals surface area contributed by atoms with Crippen molar-refractivity contribution in [3.8, 4) is 0 Å². The Kier molecular flexibility index (Phi) is 37.2. The Morgan fingerprint density at radius 3 is 1.25 bits per heavy atom. The Balaban J connectivity index is 3.88. The summed E-state index contributed by atoms with van der Waals surface area (Å²) in [5, 5.41) is 0.866. The lowest BCUT2D eigenvalue weighted by molar-refractivity contribution is -0.149. The largest absolute Gasteiger partial charge is 0.462 e. The van der Waals surface area contributed by atoms with E-state index in [0.717, 1.165) is 37.4 Å². The number of ether oxygens (including phenoxy) is 1. The summed E-state index contributed by atoms with van der Waals surface area (Å²) in [6.45, 7) is 4.52. The average molecular weight is 678 g/mol. The van der Waals surface area contributed by atoms with Crippen molar-refractivity contribution in [1.82, 2.24) is 0 Å². The number of carbonyl (C=O) groups is 1. The molecule has 2 nitrogen and oxygen atoms in total. The predicted octanol–water partition coefficient (Wildman–Crippen LogP) is 14.5. The monoisotopic (exact) mass is 676 g/mol. The fraction of sp³-hybridized carbons (Fsp3) is 0.780. The highest BCUT2D eigenvalue weighted by atomic mass is 79.9. The van der Waals surface area contributed by atoms with Gasteiger partial charge in [-0.1, -0.05) is 155 Å². The summed E-state index contributed by atoms with van der Waals surface area (Å²) in [6.07, 6.45) is 52.7. The highest BCUT2D eigenvalue weighted by molar-refractivity contribution is 9.09. The first-order chi connectivity index (χ1) is 21.7. The second-order valence-corrected chi connectivity index (χ2v) is 13.4. The van der Waals surface area contributed by atoms with Gasteiger partial charge in [0.25, 0.3) is 0 Å². The maximum atomic E-state index is 12.3. The van der Waals surface area contributed by atoms with Crippen molar-refractivity contribution in [1.29, 1.82) is 0 Å². The number of hydrogen-bond donors (Lipinski definition) is 0. The third-order valence-corrected chi connectivity index (χ3v) is 8.83. The molecule has 0 aliphatic carbocycles. The summed E-state index contributed by atoms with van der Waals surface area (Å²) in [6, 6.07) is 0. The van der Waals surface area contributed by atoms with Gasteiger partial charge in [-0.15, -0.1) is 0 Å². The number of alkyl halides is 1. The normalized spacial score (nSPS) is 12.3. The molecule has 3 heteroatoms. The maximum Gasteiger partial charge on any atom is 0.306 e.